The lowest BCUT2D eigenvalue weighted by molar-refractivity contribution is 0.453. The van der Waals surface area contributed by atoms with Crippen molar-refractivity contribution in [2.75, 3.05) is 18.4 Å². The van der Waals surface area contributed by atoms with Gasteiger partial charge in [0.2, 0.25) is 5.95 Å². The topological polar surface area (TPSA) is 78.5 Å². The van der Waals surface area contributed by atoms with Crippen LogP contribution < -0.4 is 10.6 Å². The molecule has 2 aliphatic rings. The van der Waals surface area contributed by atoms with Crippen LogP contribution in [0.2, 0.25) is 5.02 Å². The molecule has 1 aliphatic carbocycles. The largest absolute Gasteiger partial charge is 0.351 e. The molecule has 0 bridgehead atoms. The molecule has 0 amide bonds. The molecule has 2 fully saturated rings. The van der Waals surface area contributed by atoms with Crippen LogP contribution in [0.15, 0.2) is 30.5 Å². The third-order valence-corrected chi connectivity index (χ3v) is 6.56. The summed E-state index contributed by atoms with van der Waals surface area (Å²) in [6, 6.07) is 6.99. The van der Waals surface area contributed by atoms with Gasteiger partial charge >= 0.3 is 0 Å². The first kappa shape index (κ1) is 20.4. The van der Waals surface area contributed by atoms with E-state index in [1.165, 1.54) is 18.9 Å². The van der Waals surface area contributed by atoms with Crippen molar-refractivity contribution in [1.82, 2.24) is 25.5 Å². The summed E-state index contributed by atoms with van der Waals surface area (Å²) < 4.78 is 14.8. The molecule has 0 spiro atoms. The zero-order chi connectivity index (χ0) is 21.2. The standard InChI is InChI=1S/C23H26ClFN6/c24-15-5-6-17(18(25)13-15)22-20(21(30-31-22)14-7-10-26-11-8-14)19-9-12-27-23(29-19)28-16-3-1-2-4-16/h5-6,9,12-14,16,26H,1-4,7-8,10-11H2,(H,30,31)(H,27,28,29). The van der Waals surface area contributed by atoms with Crippen molar-refractivity contribution < 1.29 is 4.39 Å². The summed E-state index contributed by atoms with van der Waals surface area (Å²) in [7, 11) is 0. The Labute approximate surface area is 186 Å². The summed E-state index contributed by atoms with van der Waals surface area (Å²) >= 11 is 5.99. The molecule has 0 radical (unpaired) electrons. The minimum atomic E-state index is -0.393. The third kappa shape index (κ3) is 4.29. The SMILES string of the molecule is Fc1cc(Cl)ccc1-c1n[nH]c(C2CCNCC2)c1-c1ccnc(NC2CCCC2)n1. The lowest BCUT2D eigenvalue weighted by Crippen LogP contribution is -2.27. The second-order valence-corrected chi connectivity index (χ2v) is 8.84. The van der Waals surface area contributed by atoms with Crippen molar-refractivity contribution in [2.24, 2.45) is 0 Å². The quantitative estimate of drug-likeness (QED) is 0.511. The maximum absolute atomic E-state index is 14.8. The van der Waals surface area contributed by atoms with Gasteiger partial charge in [0, 0.05) is 40.0 Å². The number of nitrogens with one attached hydrogen (secondary N) is 3. The summed E-state index contributed by atoms with van der Waals surface area (Å²) in [5.74, 6) is 0.536. The van der Waals surface area contributed by atoms with Crippen LogP contribution in [0.25, 0.3) is 22.5 Å². The van der Waals surface area contributed by atoms with Crippen LogP contribution in [0.4, 0.5) is 10.3 Å². The van der Waals surface area contributed by atoms with Gasteiger partial charge in [-0.15, -0.1) is 0 Å². The average molecular weight is 441 g/mol. The zero-order valence-electron chi connectivity index (χ0n) is 17.3. The third-order valence-electron chi connectivity index (χ3n) is 6.33. The Hall–Kier alpha value is -2.51. The zero-order valence-corrected chi connectivity index (χ0v) is 18.1. The van der Waals surface area contributed by atoms with Crippen LogP contribution in [-0.2, 0) is 0 Å². The van der Waals surface area contributed by atoms with Gasteiger partial charge in [0.05, 0.1) is 5.69 Å². The highest BCUT2D eigenvalue weighted by Crippen LogP contribution is 2.39. The average Bonchev–Trinajstić information content (AvgIpc) is 3.45. The number of piperidine rings is 1. The van der Waals surface area contributed by atoms with Gasteiger partial charge in [-0.3, -0.25) is 5.10 Å². The highest BCUT2D eigenvalue weighted by atomic mass is 35.5. The predicted molar refractivity (Wildman–Crippen MR) is 121 cm³/mol. The van der Waals surface area contributed by atoms with E-state index in [1.54, 1.807) is 18.3 Å². The number of aromatic nitrogens is 4. The first-order chi connectivity index (χ1) is 15.2. The molecule has 8 heteroatoms. The minimum absolute atomic E-state index is 0.314. The number of nitrogens with zero attached hydrogens (tertiary/aromatic N) is 3. The molecule has 1 saturated carbocycles. The van der Waals surface area contributed by atoms with Crippen LogP contribution in [0.1, 0.15) is 50.1 Å². The number of anilines is 1. The van der Waals surface area contributed by atoms with E-state index >= 15 is 0 Å². The lowest BCUT2D eigenvalue weighted by atomic mass is 9.89. The number of halogens is 2. The number of H-pyrrole nitrogens is 1. The van der Waals surface area contributed by atoms with Crippen molar-refractivity contribution in [3.05, 3.63) is 47.0 Å². The normalized spacial score (nSPS) is 17.9. The van der Waals surface area contributed by atoms with E-state index < -0.39 is 5.82 Å². The van der Waals surface area contributed by atoms with E-state index in [0.29, 0.717) is 34.2 Å². The Morgan fingerprint density at radius 2 is 1.87 bits per heavy atom. The first-order valence-corrected chi connectivity index (χ1v) is 11.4. The van der Waals surface area contributed by atoms with Crippen LogP contribution >= 0.6 is 11.6 Å². The van der Waals surface area contributed by atoms with E-state index in [4.69, 9.17) is 16.6 Å². The molecule has 2 aromatic heterocycles. The molecule has 162 valence electrons. The Morgan fingerprint density at radius 1 is 1.06 bits per heavy atom. The summed E-state index contributed by atoms with van der Waals surface area (Å²) in [6.45, 7) is 1.90. The van der Waals surface area contributed by atoms with Crippen molar-refractivity contribution >= 4 is 17.5 Å². The Kier molecular flexibility index (Phi) is 5.87. The Bertz CT molecular complexity index is 1060. The van der Waals surface area contributed by atoms with Gasteiger partial charge in [-0.25, -0.2) is 14.4 Å². The van der Waals surface area contributed by atoms with Gasteiger partial charge in [0.1, 0.15) is 11.5 Å². The van der Waals surface area contributed by atoms with Gasteiger partial charge in [0.25, 0.3) is 0 Å². The van der Waals surface area contributed by atoms with Gasteiger partial charge in [-0.05, 0) is 63.0 Å². The molecule has 31 heavy (non-hydrogen) atoms. The van der Waals surface area contributed by atoms with Crippen LogP contribution in [0.3, 0.4) is 0 Å². The van der Waals surface area contributed by atoms with Crippen molar-refractivity contribution in [1.29, 1.82) is 0 Å². The highest BCUT2D eigenvalue weighted by molar-refractivity contribution is 6.30. The molecular formula is C23H26ClFN6. The number of aromatic amines is 1. The molecule has 1 saturated heterocycles. The fraction of sp³-hybridized carbons (Fsp3) is 0.435. The van der Waals surface area contributed by atoms with E-state index in [2.05, 4.69) is 25.8 Å². The molecule has 1 aliphatic heterocycles. The van der Waals surface area contributed by atoms with E-state index in [1.807, 2.05) is 6.07 Å². The monoisotopic (exact) mass is 440 g/mol. The molecule has 3 aromatic rings. The summed E-state index contributed by atoms with van der Waals surface area (Å²) in [4.78, 5) is 9.25. The number of benzene rings is 1. The second kappa shape index (κ2) is 8.93. The highest BCUT2D eigenvalue weighted by Gasteiger charge is 2.27. The van der Waals surface area contributed by atoms with Gasteiger partial charge < -0.3 is 10.6 Å². The Morgan fingerprint density at radius 3 is 2.65 bits per heavy atom. The minimum Gasteiger partial charge on any atom is -0.351 e. The lowest BCUT2D eigenvalue weighted by Gasteiger charge is -2.22. The van der Waals surface area contributed by atoms with Crippen LogP contribution in [0, 0.1) is 5.82 Å². The van der Waals surface area contributed by atoms with Gasteiger partial charge in [0.15, 0.2) is 0 Å². The molecule has 3 heterocycles. The first-order valence-electron chi connectivity index (χ1n) is 11.0. The van der Waals surface area contributed by atoms with Gasteiger partial charge in [-0.1, -0.05) is 24.4 Å². The molecule has 0 atom stereocenters. The molecule has 5 rings (SSSR count). The number of rotatable bonds is 5. The van der Waals surface area contributed by atoms with Crippen molar-refractivity contribution in [3.63, 3.8) is 0 Å². The fourth-order valence-corrected chi connectivity index (χ4v) is 4.88. The molecule has 6 nitrogen and oxygen atoms in total. The Balaban J connectivity index is 1.59. The van der Waals surface area contributed by atoms with E-state index in [-0.39, 0.29) is 0 Å². The van der Waals surface area contributed by atoms with E-state index in [0.717, 1.165) is 55.7 Å². The summed E-state index contributed by atoms with van der Waals surface area (Å²) in [6.07, 6.45) is 8.51. The summed E-state index contributed by atoms with van der Waals surface area (Å²) in [5, 5.41) is 15.0. The number of hydrogen-bond acceptors (Lipinski definition) is 5. The summed E-state index contributed by atoms with van der Waals surface area (Å²) in [5.41, 5.74) is 3.59. The molecular weight excluding hydrogens is 415 g/mol. The van der Waals surface area contributed by atoms with Crippen LogP contribution in [-0.4, -0.2) is 39.3 Å². The molecule has 3 N–H and O–H groups in total. The second-order valence-electron chi connectivity index (χ2n) is 8.40. The molecule has 0 unspecified atom stereocenters. The molecule has 1 aromatic carbocycles. The predicted octanol–water partition coefficient (Wildman–Crippen LogP) is 5.15. The number of hydrogen-bond donors (Lipinski definition) is 3. The maximum Gasteiger partial charge on any atom is 0.223 e. The fourth-order valence-electron chi connectivity index (χ4n) is 4.72. The van der Waals surface area contributed by atoms with E-state index in [9.17, 15) is 4.39 Å². The van der Waals surface area contributed by atoms with Crippen LogP contribution in [0.5, 0.6) is 0 Å². The maximum atomic E-state index is 14.8. The van der Waals surface area contributed by atoms with Gasteiger partial charge in [-0.2, -0.15) is 5.10 Å². The smallest absolute Gasteiger partial charge is 0.223 e. The van der Waals surface area contributed by atoms with Crippen molar-refractivity contribution in [2.45, 2.75) is 50.5 Å². The van der Waals surface area contributed by atoms with Crippen molar-refractivity contribution in [3.8, 4) is 22.5 Å².